The van der Waals surface area contributed by atoms with Crippen LogP contribution in [0.5, 0.6) is 0 Å². The van der Waals surface area contributed by atoms with Crippen LogP contribution < -0.4 is 5.32 Å². The number of carbonyl (C=O) groups is 1. The molecule has 6 heteroatoms. The van der Waals surface area contributed by atoms with E-state index in [4.69, 9.17) is 0 Å². The molecule has 5 nitrogen and oxygen atoms in total. The van der Waals surface area contributed by atoms with Gasteiger partial charge in [-0.25, -0.2) is 13.2 Å². The van der Waals surface area contributed by atoms with Crippen LogP contribution in [-0.4, -0.2) is 49.0 Å². The van der Waals surface area contributed by atoms with Crippen molar-refractivity contribution in [1.82, 2.24) is 10.2 Å². The molecule has 17 heavy (non-hydrogen) atoms. The Hall–Kier alpha value is -0.780. The van der Waals surface area contributed by atoms with Gasteiger partial charge in [-0.1, -0.05) is 0 Å². The van der Waals surface area contributed by atoms with E-state index in [1.54, 1.807) is 11.8 Å². The van der Waals surface area contributed by atoms with Crippen molar-refractivity contribution in [2.45, 2.75) is 50.4 Å². The lowest BCUT2D eigenvalue weighted by atomic mass is 9.93. The second-order valence-electron chi connectivity index (χ2n) is 5.08. The molecule has 1 aliphatic carbocycles. The summed E-state index contributed by atoms with van der Waals surface area (Å²) in [5.41, 5.74) is 0. The Labute approximate surface area is 102 Å². The average molecular weight is 260 g/mol. The highest BCUT2D eigenvalue weighted by Crippen LogP contribution is 2.22. The summed E-state index contributed by atoms with van der Waals surface area (Å²) < 4.78 is 23.4. The molecular weight excluding hydrogens is 240 g/mol. The molecule has 98 valence electrons. The molecule has 0 aromatic heterocycles. The minimum atomic E-state index is -3.02. The number of nitrogens with one attached hydrogen (secondary N) is 1. The first-order valence-electron chi connectivity index (χ1n) is 6.20. The number of hydrogen-bond acceptors (Lipinski definition) is 3. The third-order valence-electron chi connectivity index (χ3n) is 4.05. The number of amides is 2. The molecule has 2 aliphatic rings. The maximum Gasteiger partial charge on any atom is 0.317 e. The van der Waals surface area contributed by atoms with Gasteiger partial charge in [0.15, 0.2) is 9.84 Å². The SMILES string of the molecule is C[C@H]1[C@H](C)S(=O)(=O)CCN1C(=O)NC1CCC1. The molecule has 1 saturated heterocycles. The van der Waals surface area contributed by atoms with Gasteiger partial charge in [-0.2, -0.15) is 0 Å². The zero-order valence-corrected chi connectivity index (χ0v) is 11.2. The highest BCUT2D eigenvalue weighted by Gasteiger charge is 2.38. The summed E-state index contributed by atoms with van der Waals surface area (Å²) in [5, 5.41) is 2.49. The first kappa shape index (κ1) is 12.7. The van der Waals surface area contributed by atoms with Crippen LogP contribution in [0.4, 0.5) is 4.79 Å². The lowest BCUT2D eigenvalue weighted by Gasteiger charge is -2.39. The van der Waals surface area contributed by atoms with Crippen molar-refractivity contribution < 1.29 is 13.2 Å². The molecule has 0 aromatic rings. The summed E-state index contributed by atoms with van der Waals surface area (Å²) in [4.78, 5) is 13.6. The summed E-state index contributed by atoms with van der Waals surface area (Å²) >= 11 is 0. The zero-order chi connectivity index (χ0) is 12.6. The van der Waals surface area contributed by atoms with Gasteiger partial charge in [-0.05, 0) is 33.1 Å². The zero-order valence-electron chi connectivity index (χ0n) is 10.3. The monoisotopic (exact) mass is 260 g/mol. The van der Waals surface area contributed by atoms with Crippen LogP contribution in [0.2, 0.25) is 0 Å². The van der Waals surface area contributed by atoms with E-state index in [0.717, 1.165) is 12.8 Å². The van der Waals surface area contributed by atoms with Gasteiger partial charge in [-0.15, -0.1) is 0 Å². The van der Waals surface area contributed by atoms with E-state index in [1.165, 1.54) is 6.42 Å². The molecule has 0 unspecified atom stereocenters. The summed E-state index contributed by atoms with van der Waals surface area (Å²) in [6, 6.07) is -0.0543. The van der Waals surface area contributed by atoms with Crippen LogP contribution in [0.1, 0.15) is 33.1 Å². The first-order chi connectivity index (χ1) is 7.92. The second kappa shape index (κ2) is 4.48. The fourth-order valence-corrected chi connectivity index (χ4v) is 3.84. The quantitative estimate of drug-likeness (QED) is 0.757. The Kier molecular flexibility index (Phi) is 3.34. The molecule has 0 spiro atoms. The maximum atomic E-state index is 12.0. The predicted molar refractivity (Wildman–Crippen MR) is 65.6 cm³/mol. The number of carbonyl (C=O) groups excluding carboxylic acids is 1. The normalized spacial score (nSPS) is 32.9. The van der Waals surface area contributed by atoms with Crippen molar-refractivity contribution in [3.05, 3.63) is 0 Å². The van der Waals surface area contributed by atoms with E-state index in [1.807, 2.05) is 6.92 Å². The summed E-state index contributed by atoms with van der Waals surface area (Å²) in [6.45, 7) is 3.80. The van der Waals surface area contributed by atoms with Crippen molar-refractivity contribution in [3.63, 3.8) is 0 Å². The van der Waals surface area contributed by atoms with E-state index in [0.29, 0.717) is 12.6 Å². The topological polar surface area (TPSA) is 66.5 Å². The number of hydrogen-bond donors (Lipinski definition) is 1. The summed E-state index contributed by atoms with van der Waals surface area (Å²) in [5.74, 6) is 0.0800. The van der Waals surface area contributed by atoms with Crippen molar-refractivity contribution in [1.29, 1.82) is 0 Å². The third kappa shape index (κ3) is 2.41. The minimum absolute atomic E-state index is 0.0800. The second-order valence-corrected chi connectivity index (χ2v) is 7.56. The molecule has 0 aromatic carbocycles. The molecule has 1 N–H and O–H groups in total. The van der Waals surface area contributed by atoms with Gasteiger partial charge in [0, 0.05) is 18.6 Å². The van der Waals surface area contributed by atoms with Gasteiger partial charge in [0.25, 0.3) is 0 Å². The highest BCUT2D eigenvalue weighted by atomic mass is 32.2. The fourth-order valence-electron chi connectivity index (χ4n) is 2.27. The Morgan fingerprint density at radius 2 is 1.94 bits per heavy atom. The smallest absolute Gasteiger partial charge is 0.317 e. The Bertz CT molecular complexity index is 403. The third-order valence-corrected chi connectivity index (χ3v) is 6.33. The fraction of sp³-hybridized carbons (Fsp3) is 0.909. The van der Waals surface area contributed by atoms with Crippen LogP contribution in [-0.2, 0) is 9.84 Å². The molecule has 1 saturated carbocycles. The molecule has 2 rings (SSSR count). The molecule has 1 aliphatic heterocycles. The first-order valence-corrected chi connectivity index (χ1v) is 7.92. The van der Waals surface area contributed by atoms with Gasteiger partial charge in [0.2, 0.25) is 0 Å². The van der Waals surface area contributed by atoms with Gasteiger partial charge >= 0.3 is 6.03 Å². The van der Waals surface area contributed by atoms with Crippen LogP contribution in [0, 0.1) is 0 Å². The van der Waals surface area contributed by atoms with E-state index < -0.39 is 15.1 Å². The summed E-state index contributed by atoms with van der Waals surface area (Å²) in [7, 11) is -3.02. The summed E-state index contributed by atoms with van der Waals surface area (Å²) in [6.07, 6.45) is 3.26. The number of rotatable bonds is 1. The van der Waals surface area contributed by atoms with Crippen molar-refractivity contribution >= 4 is 15.9 Å². The lowest BCUT2D eigenvalue weighted by molar-refractivity contribution is 0.168. The molecule has 0 radical (unpaired) electrons. The van der Waals surface area contributed by atoms with E-state index in [-0.39, 0.29) is 17.8 Å². The minimum Gasteiger partial charge on any atom is -0.335 e. The molecule has 2 fully saturated rings. The Balaban J connectivity index is 1.99. The van der Waals surface area contributed by atoms with Crippen LogP contribution in [0.3, 0.4) is 0 Å². The molecule has 0 bridgehead atoms. The van der Waals surface area contributed by atoms with Gasteiger partial charge in [0.1, 0.15) is 0 Å². The highest BCUT2D eigenvalue weighted by molar-refractivity contribution is 7.92. The maximum absolute atomic E-state index is 12.0. The molecular formula is C11H20N2O3S. The van der Waals surface area contributed by atoms with Gasteiger partial charge < -0.3 is 10.2 Å². The van der Waals surface area contributed by atoms with Gasteiger partial charge in [-0.3, -0.25) is 0 Å². The van der Waals surface area contributed by atoms with Crippen LogP contribution in [0.25, 0.3) is 0 Å². The number of urea groups is 1. The van der Waals surface area contributed by atoms with Crippen molar-refractivity contribution in [3.8, 4) is 0 Å². The number of nitrogens with zero attached hydrogens (tertiary/aromatic N) is 1. The van der Waals surface area contributed by atoms with Gasteiger partial charge in [0.05, 0.1) is 11.0 Å². The van der Waals surface area contributed by atoms with Crippen LogP contribution in [0.15, 0.2) is 0 Å². The lowest BCUT2D eigenvalue weighted by Crippen LogP contribution is -2.58. The standard InChI is InChI=1S/C11H20N2O3S/c1-8-9(2)17(15,16)7-6-13(8)11(14)12-10-4-3-5-10/h8-10H,3-7H2,1-2H3,(H,12,14)/t8-,9-/m0/s1. The predicted octanol–water partition coefficient (Wildman–Crippen LogP) is 0.756. The molecule has 1 heterocycles. The Morgan fingerprint density at radius 3 is 2.47 bits per heavy atom. The van der Waals surface area contributed by atoms with E-state index in [2.05, 4.69) is 5.32 Å². The molecule has 2 amide bonds. The van der Waals surface area contributed by atoms with E-state index in [9.17, 15) is 13.2 Å². The average Bonchev–Trinajstić information content (AvgIpc) is 2.20. The molecule has 2 atom stereocenters. The number of sulfone groups is 1. The van der Waals surface area contributed by atoms with E-state index >= 15 is 0 Å². The Morgan fingerprint density at radius 1 is 1.29 bits per heavy atom. The van der Waals surface area contributed by atoms with Crippen molar-refractivity contribution in [2.24, 2.45) is 0 Å². The van der Waals surface area contributed by atoms with Crippen molar-refractivity contribution in [2.75, 3.05) is 12.3 Å². The van der Waals surface area contributed by atoms with Crippen LogP contribution >= 0.6 is 0 Å². The largest absolute Gasteiger partial charge is 0.335 e.